The molecule has 0 unspecified atom stereocenters. The molecule has 0 aliphatic carbocycles. The van der Waals surface area contributed by atoms with Gasteiger partial charge in [0.15, 0.2) is 11.5 Å². The van der Waals surface area contributed by atoms with Gasteiger partial charge >= 0.3 is 0 Å². The summed E-state index contributed by atoms with van der Waals surface area (Å²) in [7, 11) is 1.37. The Morgan fingerprint density at radius 2 is 2.00 bits per heavy atom. The largest absolute Gasteiger partial charge is 0.504 e. The Hall–Kier alpha value is -1.13. The highest BCUT2D eigenvalue weighted by Gasteiger charge is 2.10. The minimum absolute atomic E-state index is 0. The Kier molecular flexibility index (Phi) is 4.37. The third-order valence-corrected chi connectivity index (χ3v) is 1.62. The van der Waals surface area contributed by atoms with Crippen molar-refractivity contribution in [1.29, 1.82) is 0 Å². The zero-order valence-electron chi connectivity index (χ0n) is 7.15. The Labute approximate surface area is 82.4 Å². The van der Waals surface area contributed by atoms with Gasteiger partial charge in [0, 0.05) is 12.1 Å². The highest BCUT2D eigenvalue weighted by molar-refractivity contribution is 5.85. The first kappa shape index (κ1) is 11.9. The van der Waals surface area contributed by atoms with Crippen molar-refractivity contribution >= 4 is 12.4 Å². The van der Waals surface area contributed by atoms with Crippen molar-refractivity contribution in [2.45, 2.75) is 6.54 Å². The number of hydrogen-bond donors (Lipinski definition) is 3. The molecule has 74 valence electrons. The molecule has 0 fully saturated rings. The predicted molar refractivity (Wildman–Crippen MR) is 51.5 cm³/mol. The van der Waals surface area contributed by atoms with Gasteiger partial charge in [-0.2, -0.15) is 0 Å². The third kappa shape index (κ3) is 2.17. The Balaban J connectivity index is 0.00000144. The lowest BCUT2D eigenvalue weighted by atomic mass is 10.2. The summed E-state index contributed by atoms with van der Waals surface area (Å²) in [4.78, 5) is 0. The number of hydrogen-bond acceptors (Lipinski definition) is 4. The molecule has 0 aromatic heterocycles. The fraction of sp³-hybridized carbons (Fsp3) is 0.250. The van der Waals surface area contributed by atoms with E-state index in [0.29, 0.717) is 5.56 Å². The van der Waals surface area contributed by atoms with E-state index in [-0.39, 0.29) is 36.2 Å². The zero-order chi connectivity index (χ0) is 9.14. The van der Waals surface area contributed by atoms with E-state index in [2.05, 4.69) is 0 Å². The second kappa shape index (κ2) is 4.79. The average molecular weight is 206 g/mol. The molecule has 4 nitrogen and oxygen atoms in total. The number of methoxy groups -OCH3 is 1. The maximum absolute atomic E-state index is 9.40. The van der Waals surface area contributed by atoms with Gasteiger partial charge in [0.05, 0.1) is 7.11 Å². The number of ether oxygens (including phenoxy) is 1. The van der Waals surface area contributed by atoms with Gasteiger partial charge in [0.2, 0.25) is 5.75 Å². The van der Waals surface area contributed by atoms with Crippen LogP contribution in [0, 0.1) is 0 Å². The molecule has 0 aliphatic rings. The number of aromatic hydroxyl groups is 2. The second-order valence-electron chi connectivity index (χ2n) is 2.33. The number of rotatable bonds is 2. The molecular weight excluding hydrogens is 194 g/mol. The Morgan fingerprint density at radius 1 is 1.38 bits per heavy atom. The van der Waals surface area contributed by atoms with Crippen molar-refractivity contribution < 1.29 is 14.9 Å². The van der Waals surface area contributed by atoms with E-state index in [1.54, 1.807) is 6.07 Å². The van der Waals surface area contributed by atoms with Crippen molar-refractivity contribution in [3.05, 3.63) is 17.7 Å². The van der Waals surface area contributed by atoms with Crippen LogP contribution in [-0.2, 0) is 6.54 Å². The van der Waals surface area contributed by atoms with Gasteiger partial charge in [-0.3, -0.25) is 0 Å². The summed E-state index contributed by atoms with van der Waals surface area (Å²) < 4.78 is 4.76. The topological polar surface area (TPSA) is 75.7 Å². The highest BCUT2D eigenvalue weighted by atomic mass is 35.5. The smallest absolute Gasteiger partial charge is 0.203 e. The summed E-state index contributed by atoms with van der Waals surface area (Å²) in [6.07, 6.45) is 0. The summed E-state index contributed by atoms with van der Waals surface area (Å²) in [6, 6.07) is 2.98. The Bertz CT molecular complexity index is 291. The number of phenolic OH excluding ortho intramolecular Hbond substituents is 2. The van der Waals surface area contributed by atoms with Gasteiger partial charge in [-0.25, -0.2) is 0 Å². The SMILES string of the molecule is COc1c(O)ccc(CN)c1O.Cl. The summed E-state index contributed by atoms with van der Waals surface area (Å²) in [5.74, 6) is -0.120. The molecular formula is C8H12ClNO3. The van der Waals surface area contributed by atoms with Crippen molar-refractivity contribution in [3.63, 3.8) is 0 Å². The molecule has 1 aromatic rings. The van der Waals surface area contributed by atoms with Crippen LogP contribution in [0.4, 0.5) is 0 Å². The average Bonchev–Trinajstić information content (AvgIpc) is 2.06. The van der Waals surface area contributed by atoms with Gasteiger partial charge in [-0.15, -0.1) is 12.4 Å². The third-order valence-electron chi connectivity index (χ3n) is 1.62. The molecule has 0 bridgehead atoms. The van der Waals surface area contributed by atoms with Gasteiger partial charge in [-0.1, -0.05) is 6.07 Å². The van der Waals surface area contributed by atoms with Crippen LogP contribution < -0.4 is 10.5 Å². The van der Waals surface area contributed by atoms with Crippen LogP contribution in [0.25, 0.3) is 0 Å². The van der Waals surface area contributed by atoms with Gasteiger partial charge in [0.25, 0.3) is 0 Å². The van der Waals surface area contributed by atoms with Crippen molar-refractivity contribution in [2.24, 2.45) is 5.73 Å². The van der Waals surface area contributed by atoms with Crippen LogP contribution >= 0.6 is 12.4 Å². The maximum Gasteiger partial charge on any atom is 0.203 e. The van der Waals surface area contributed by atoms with Crippen LogP contribution in [0.3, 0.4) is 0 Å². The first-order valence-corrected chi connectivity index (χ1v) is 3.48. The molecule has 0 heterocycles. The van der Waals surface area contributed by atoms with Crippen LogP contribution in [0.1, 0.15) is 5.56 Å². The summed E-state index contributed by atoms with van der Waals surface area (Å²) in [6.45, 7) is 0.211. The lowest BCUT2D eigenvalue weighted by Crippen LogP contribution is -1.97. The quantitative estimate of drug-likeness (QED) is 0.673. The molecule has 1 rings (SSSR count). The zero-order valence-corrected chi connectivity index (χ0v) is 7.97. The minimum Gasteiger partial charge on any atom is -0.504 e. The lowest BCUT2D eigenvalue weighted by molar-refractivity contribution is 0.342. The lowest BCUT2D eigenvalue weighted by Gasteiger charge is -2.08. The van der Waals surface area contributed by atoms with E-state index >= 15 is 0 Å². The molecule has 0 saturated heterocycles. The van der Waals surface area contributed by atoms with E-state index in [4.69, 9.17) is 10.5 Å². The molecule has 0 amide bonds. The number of halogens is 1. The monoisotopic (exact) mass is 205 g/mol. The van der Waals surface area contributed by atoms with Gasteiger partial charge in [-0.05, 0) is 6.07 Å². The number of phenols is 2. The molecule has 13 heavy (non-hydrogen) atoms. The molecule has 4 N–H and O–H groups in total. The van der Waals surface area contributed by atoms with E-state index in [0.717, 1.165) is 0 Å². The standard InChI is InChI=1S/C8H11NO3.ClH/c1-12-8-6(10)3-2-5(4-9)7(8)11;/h2-3,10-11H,4,9H2,1H3;1H. The van der Waals surface area contributed by atoms with Crippen molar-refractivity contribution in [1.82, 2.24) is 0 Å². The van der Waals surface area contributed by atoms with Crippen LogP contribution in [0.15, 0.2) is 12.1 Å². The van der Waals surface area contributed by atoms with E-state index in [1.165, 1.54) is 13.2 Å². The van der Waals surface area contributed by atoms with E-state index < -0.39 is 0 Å². The van der Waals surface area contributed by atoms with E-state index in [1.807, 2.05) is 0 Å². The molecule has 1 aromatic carbocycles. The van der Waals surface area contributed by atoms with Gasteiger partial charge < -0.3 is 20.7 Å². The van der Waals surface area contributed by atoms with Crippen LogP contribution in [0.5, 0.6) is 17.2 Å². The summed E-state index contributed by atoms with van der Waals surface area (Å²) in [5, 5.41) is 18.6. The molecule has 0 spiro atoms. The maximum atomic E-state index is 9.40. The molecule has 0 saturated carbocycles. The van der Waals surface area contributed by atoms with Gasteiger partial charge in [0.1, 0.15) is 0 Å². The fourth-order valence-corrected chi connectivity index (χ4v) is 0.967. The Morgan fingerprint density at radius 3 is 2.46 bits per heavy atom. The molecule has 0 aliphatic heterocycles. The van der Waals surface area contributed by atoms with E-state index in [9.17, 15) is 10.2 Å². The molecule has 0 atom stereocenters. The molecule has 5 heteroatoms. The van der Waals surface area contributed by atoms with Crippen molar-refractivity contribution in [3.8, 4) is 17.2 Å². The highest BCUT2D eigenvalue weighted by Crippen LogP contribution is 2.37. The fourth-order valence-electron chi connectivity index (χ4n) is 0.967. The van der Waals surface area contributed by atoms with Crippen LogP contribution in [0.2, 0.25) is 0 Å². The minimum atomic E-state index is -0.0972. The number of nitrogens with two attached hydrogens (primary N) is 1. The number of benzene rings is 1. The first-order valence-electron chi connectivity index (χ1n) is 3.48. The second-order valence-corrected chi connectivity index (χ2v) is 2.33. The molecule has 0 radical (unpaired) electrons. The summed E-state index contributed by atoms with van der Waals surface area (Å²) >= 11 is 0. The normalized spacial score (nSPS) is 9.08. The summed E-state index contributed by atoms with van der Waals surface area (Å²) in [5.41, 5.74) is 5.87. The predicted octanol–water partition coefficient (Wildman–Crippen LogP) is 0.987. The van der Waals surface area contributed by atoms with Crippen LogP contribution in [-0.4, -0.2) is 17.3 Å². The first-order chi connectivity index (χ1) is 5.70. The van der Waals surface area contributed by atoms with Crippen molar-refractivity contribution in [2.75, 3.05) is 7.11 Å².